The maximum Gasteiger partial charge on any atom is 0.277 e. The van der Waals surface area contributed by atoms with E-state index in [0.717, 1.165) is 5.75 Å². The average molecular weight is 326 g/mol. The topological polar surface area (TPSA) is 64.4 Å². The fraction of sp³-hybridized carbons (Fsp3) is 0.111. The third-order valence-corrected chi connectivity index (χ3v) is 3.29. The molecule has 5 nitrogen and oxygen atoms in total. The summed E-state index contributed by atoms with van der Waals surface area (Å²) in [6.45, 7) is 2.48. The van der Waals surface area contributed by atoms with Gasteiger partial charge >= 0.3 is 0 Å². The van der Waals surface area contributed by atoms with Gasteiger partial charge in [0.15, 0.2) is 11.5 Å². The molecule has 0 saturated heterocycles. The Labute approximate surface area is 138 Å². The Hall–Kier alpha value is -3.15. The largest absolute Gasteiger partial charge is 0.494 e. The van der Waals surface area contributed by atoms with Crippen molar-refractivity contribution in [2.75, 3.05) is 11.9 Å². The number of ether oxygens (including phenoxy) is 1. The van der Waals surface area contributed by atoms with Gasteiger partial charge in [-0.3, -0.25) is 4.79 Å². The van der Waals surface area contributed by atoms with Crippen LogP contribution in [0.2, 0.25) is 0 Å². The Balaban J connectivity index is 1.70. The highest BCUT2D eigenvalue weighted by molar-refractivity contribution is 6.03. The molecular weight excluding hydrogens is 311 g/mol. The number of rotatable bonds is 5. The zero-order valence-corrected chi connectivity index (χ0v) is 13.0. The summed E-state index contributed by atoms with van der Waals surface area (Å²) in [5.74, 6) is 0.394. The summed E-state index contributed by atoms with van der Waals surface area (Å²) >= 11 is 0. The van der Waals surface area contributed by atoms with Gasteiger partial charge in [-0.1, -0.05) is 5.16 Å². The van der Waals surface area contributed by atoms with Crippen molar-refractivity contribution >= 4 is 11.6 Å². The molecule has 3 aromatic rings. The Kier molecular flexibility index (Phi) is 4.56. The molecule has 2 aromatic carbocycles. The second-order valence-electron chi connectivity index (χ2n) is 4.99. The van der Waals surface area contributed by atoms with Crippen molar-refractivity contribution in [2.45, 2.75) is 6.92 Å². The van der Waals surface area contributed by atoms with Crippen LogP contribution >= 0.6 is 0 Å². The van der Waals surface area contributed by atoms with Crippen LogP contribution in [0.1, 0.15) is 17.4 Å². The number of amides is 1. The first-order valence-electron chi connectivity index (χ1n) is 7.42. The van der Waals surface area contributed by atoms with Gasteiger partial charge in [-0.25, -0.2) is 4.39 Å². The van der Waals surface area contributed by atoms with E-state index in [-0.39, 0.29) is 11.5 Å². The molecule has 0 saturated carbocycles. The lowest BCUT2D eigenvalue weighted by Gasteiger charge is -2.05. The number of nitrogens with one attached hydrogen (secondary N) is 1. The van der Waals surface area contributed by atoms with Crippen LogP contribution in [0.4, 0.5) is 10.1 Å². The number of halogens is 1. The van der Waals surface area contributed by atoms with Crippen molar-refractivity contribution in [3.05, 3.63) is 66.1 Å². The van der Waals surface area contributed by atoms with Crippen molar-refractivity contribution in [1.82, 2.24) is 5.16 Å². The van der Waals surface area contributed by atoms with E-state index in [4.69, 9.17) is 9.26 Å². The van der Waals surface area contributed by atoms with E-state index in [1.54, 1.807) is 36.4 Å². The molecule has 0 aliphatic rings. The van der Waals surface area contributed by atoms with E-state index >= 15 is 0 Å². The van der Waals surface area contributed by atoms with E-state index in [9.17, 15) is 9.18 Å². The fourth-order valence-corrected chi connectivity index (χ4v) is 2.13. The lowest BCUT2D eigenvalue weighted by Crippen LogP contribution is -2.12. The Bertz CT molecular complexity index is 826. The summed E-state index contributed by atoms with van der Waals surface area (Å²) in [5, 5.41) is 6.48. The first-order chi connectivity index (χ1) is 11.7. The van der Waals surface area contributed by atoms with Crippen molar-refractivity contribution < 1.29 is 18.4 Å². The van der Waals surface area contributed by atoms with Crippen LogP contribution in [0.15, 0.2) is 59.1 Å². The van der Waals surface area contributed by atoms with Crippen LogP contribution in [-0.4, -0.2) is 17.7 Å². The van der Waals surface area contributed by atoms with Gasteiger partial charge in [0.2, 0.25) is 0 Å². The SMILES string of the molecule is CCOc1ccc(NC(=O)c2cc(-c3ccc(F)cc3)on2)cc1. The molecule has 3 rings (SSSR count). The summed E-state index contributed by atoms with van der Waals surface area (Å²) < 4.78 is 23.4. The Morgan fingerprint density at radius 1 is 1.17 bits per heavy atom. The minimum absolute atomic E-state index is 0.142. The maximum atomic E-state index is 12.9. The number of hydrogen-bond acceptors (Lipinski definition) is 4. The van der Waals surface area contributed by atoms with Crippen LogP contribution in [0, 0.1) is 5.82 Å². The highest BCUT2D eigenvalue weighted by Gasteiger charge is 2.14. The zero-order chi connectivity index (χ0) is 16.9. The second kappa shape index (κ2) is 6.95. The summed E-state index contributed by atoms with van der Waals surface area (Å²) in [6, 6.07) is 14.3. The number of benzene rings is 2. The molecule has 0 atom stereocenters. The van der Waals surface area contributed by atoms with E-state index in [1.165, 1.54) is 18.2 Å². The smallest absolute Gasteiger partial charge is 0.277 e. The minimum Gasteiger partial charge on any atom is -0.494 e. The molecule has 1 heterocycles. The Morgan fingerprint density at radius 3 is 2.54 bits per heavy atom. The van der Waals surface area contributed by atoms with Gasteiger partial charge in [0.25, 0.3) is 5.91 Å². The highest BCUT2D eigenvalue weighted by atomic mass is 19.1. The summed E-state index contributed by atoms with van der Waals surface area (Å²) in [7, 11) is 0. The van der Waals surface area contributed by atoms with Gasteiger partial charge in [0.05, 0.1) is 6.61 Å². The van der Waals surface area contributed by atoms with Gasteiger partial charge in [-0.15, -0.1) is 0 Å². The van der Waals surface area contributed by atoms with Crippen molar-refractivity contribution in [3.8, 4) is 17.1 Å². The molecule has 1 N–H and O–H groups in total. The number of carbonyl (C=O) groups excluding carboxylic acids is 1. The van der Waals surface area contributed by atoms with Gasteiger partial charge in [-0.05, 0) is 55.5 Å². The average Bonchev–Trinajstić information content (AvgIpc) is 3.08. The third-order valence-electron chi connectivity index (χ3n) is 3.29. The van der Waals surface area contributed by atoms with Gasteiger partial charge in [-0.2, -0.15) is 0 Å². The van der Waals surface area contributed by atoms with E-state index in [0.29, 0.717) is 23.6 Å². The van der Waals surface area contributed by atoms with Crippen LogP contribution in [-0.2, 0) is 0 Å². The molecule has 122 valence electrons. The molecule has 0 radical (unpaired) electrons. The number of anilines is 1. The first kappa shape index (κ1) is 15.7. The van der Waals surface area contributed by atoms with Crippen LogP contribution in [0.25, 0.3) is 11.3 Å². The zero-order valence-electron chi connectivity index (χ0n) is 13.0. The predicted molar refractivity (Wildman–Crippen MR) is 87.5 cm³/mol. The maximum absolute atomic E-state index is 12.9. The molecule has 24 heavy (non-hydrogen) atoms. The van der Waals surface area contributed by atoms with Crippen LogP contribution in [0.3, 0.4) is 0 Å². The van der Waals surface area contributed by atoms with Crippen molar-refractivity contribution in [2.24, 2.45) is 0 Å². The highest BCUT2D eigenvalue weighted by Crippen LogP contribution is 2.21. The van der Waals surface area contributed by atoms with E-state index < -0.39 is 5.91 Å². The fourth-order valence-electron chi connectivity index (χ4n) is 2.13. The Morgan fingerprint density at radius 2 is 1.88 bits per heavy atom. The molecular formula is C18H15FN2O3. The molecule has 0 aliphatic carbocycles. The molecule has 0 bridgehead atoms. The molecule has 0 spiro atoms. The number of hydrogen-bond donors (Lipinski definition) is 1. The van der Waals surface area contributed by atoms with Crippen LogP contribution < -0.4 is 10.1 Å². The van der Waals surface area contributed by atoms with Crippen molar-refractivity contribution in [3.63, 3.8) is 0 Å². The lowest BCUT2D eigenvalue weighted by molar-refractivity contribution is 0.101. The summed E-state index contributed by atoms with van der Waals surface area (Å²) in [6.07, 6.45) is 0. The minimum atomic E-state index is -0.392. The second-order valence-corrected chi connectivity index (χ2v) is 4.99. The third kappa shape index (κ3) is 3.60. The monoisotopic (exact) mass is 326 g/mol. The van der Waals surface area contributed by atoms with E-state index in [1.807, 2.05) is 6.92 Å². The standard InChI is InChI=1S/C18H15FN2O3/c1-2-23-15-9-7-14(8-10-15)20-18(22)16-11-17(24-21-16)12-3-5-13(19)6-4-12/h3-11H,2H2,1H3,(H,20,22). The van der Waals surface area contributed by atoms with E-state index in [2.05, 4.69) is 10.5 Å². The van der Waals surface area contributed by atoms with Crippen molar-refractivity contribution in [1.29, 1.82) is 0 Å². The molecule has 0 aliphatic heterocycles. The number of aromatic nitrogens is 1. The first-order valence-corrected chi connectivity index (χ1v) is 7.42. The summed E-state index contributed by atoms with van der Waals surface area (Å²) in [5.41, 5.74) is 1.40. The lowest BCUT2D eigenvalue weighted by atomic mass is 10.1. The van der Waals surface area contributed by atoms with Crippen LogP contribution in [0.5, 0.6) is 5.75 Å². The van der Waals surface area contributed by atoms with Gasteiger partial charge in [0.1, 0.15) is 11.6 Å². The quantitative estimate of drug-likeness (QED) is 0.765. The predicted octanol–water partition coefficient (Wildman–Crippen LogP) is 4.13. The normalized spacial score (nSPS) is 10.4. The molecule has 0 unspecified atom stereocenters. The molecule has 1 amide bonds. The molecule has 0 fully saturated rings. The molecule has 1 aromatic heterocycles. The molecule has 6 heteroatoms. The summed E-state index contributed by atoms with van der Waals surface area (Å²) in [4.78, 5) is 12.2. The number of nitrogens with zero attached hydrogens (tertiary/aromatic N) is 1. The van der Waals surface area contributed by atoms with Gasteiger partial charge < -0.3 is 14.6 Å². The van der Waals surface area contributed by atoms with Gasteiger partial charge in [0, 0.05) is 17.3 Å². The number of carbonyl (C=O) groups is 1.